The Balaban J connectivity index is 2.10. The van der Waals surface area contributed by atoms with E-state index in [0.29, 0.717) is 32.2 Å². The number of rotatable bonds is 8. The predicted octanol–water partition coefficient (Wildman–Crippen LogP) is 1.89. The van der Waals surface area contributed by atoms with Gasteiger partial charge in [-0.15, -0.1) is 0 Å². The Bertz CT molecular complexity index is 618. The van der Waals surface area contributed by atoms with Crippen molar-refractivity contribution in [1.29, 1.82) is 0 Å². The van der Waals surface area contributed by atoms with E-state index in [1.807, 2.05) is 31.2 Å². The van der Waals surface area contributed by atoms with Crippen LogP contribution in [0.1, 0.15) is 32.8 Å². The topological polar surface area (TPSA) is 61.9 Å². The fourth-order valence-electron chi connectivity index (χ4n) is 3.29. The molecule has 1 fully saturated rings. The fraction of sp³-hybridized carbons (Fsp3) is 0.600. The summed E-state index contributed by atoms with van der Waals surface area (Å²) < 4.78 is 5.70. The quantitative estimate of drug-likeness (QED) is 0.768. The Morgan fingerprint density at radius 3 is 2.81 bits per heavy atom. The maximum Gasteiger partial charge on any atom is 0.237 e. The maximum atomic E-state index is 12.6. The summed E-state index contributed by atoms with van der Waals surface area (Å²) in [5.41, 5.74) is 1.04. The summed E-state index contributed by atoms with van der Waals surface area (Å²) >= 11 is 0. The van der Waals surface area contributed by atoms with Gasteiger partial charge in [0.25, 0.3) is 0 Å². The monoisotopic (exact) mass is 361 g/mol. The van der Waals surface area contributed by atoms with Gasteiger partial charge in [0.05, 0.1) is 19.1 Å². The smallest absolute Gasteiger partial charge is 0.237 e. The van der Waals surface area contributed by atoms with Crippen molar-refractivity contribution in [3.63, 3.8) is 0 Å². The summed E-state index contributed by atoms with van der Waals surface area (Å²) in [5.74, 6) is 1.17. The molecule has 1 aromatic rings. The van der Waals surface area contributed by atoms with Crippen molar-refractivity contribution in [2.24, 2.45) is 5.92 Å². The van der Waals surface area contributed by atoms with Gasteiger partial charge in [-0.2, -0.15) is 0 Å². The molecule has 0 aliphatic carbocycles. The molecule has 0 radical (unpaired) electrons. The summed E-state index contributed by atoms with van der Waals surface area (Å²) in [6.45, 7) is 9.31. The van der Waals surface area contributed by atoms with E-state index < -0.39 is 6.04 Å². The van der Waals surface area contributed by atoms with Crippen LogP contribution in [0.4, 0.5) is 0 Å². The lowest BCUT2D eigenvalue weighted by molar-refractivity contribution is -0.138. The van der Waals surface area contributed by atoms with Gasteiger partial charge in [0, 0.05) is 38.8 Å². The third kappa shape index (κ3) is 5.46. The van der Waals surface area contributed by atoms with E-state index in [1.54, 1.807) is 11.9 Å². The number of amides is 2. The van der Waals surface area contributed by atoms with Crippen LogP contribution >= 0.6 is 0 Å². The van der Waals surface area contributed by atoms with E-state index in [0.717, 1.165) is 17.9 Å². The number of nitrogens with zero attached hydrogens (tertiary/aromatic N) is 2. The fourth-order valence-corrected chi connectivity index (χ4v) is 3.29. The predicted molar refractivity (Wildman–Crippen MR) is 102 cm³/mol. The molecule has 1 heterocycles. The van der Waals surface area contributed by atoms with Crippen LogP contribution in [0.5, 0.6) is 5.75 Å². The Kier molecular flexibility index (Phi) is 7.45. The van der Waals surface area contributed by atoms with Crippen LogP contribution in [0.2, 0.25) is 0 Å². The summed E-state index contributed by atoms with van der Waals surface area (Å²) in [4.78, 5) is 28.8. The average Bonchev–Trinajstić information content (AvgIpc) is 2.59. The molecule has 0 bridgehead atoms. The zero-order chi connectivity index (χ0) is 19.1. The second kappa shape index (κ2) is 9.57. The van der Waals surface area contributed by atoms with Gasteiger partial charge in [-0.1, -0.05) is 32.0 Å². The van der Waals surface area contributed by atoms with Gasteiger partial charge in [0.15, 0.2) is 0 Å². The molecule has 144 valence electrons. The Hall–Kier alpha value is -2.08. The van der Waals surface area contributed by atoms with Crippen molar-refractivity contribution in [1.82, 2.24) is 15.1 Å². The number of piperazine rings is 1. The lowest BCUT2D eigenvalue weighted by atomic mass is 10.1. The number of benzene rings is 1. The zero-order valence-electron chi connectivity index (χ0n) is 16.3. The first-order valence-electron chi connectivity index (χ1n) is 9.38. The highest BCUT2D eigenvalue weighted by molar-refractivity contribution is 5.88. The third-order valence-electron chi connectivity index (χ3n) is 4.52. The highest BCUT2D eigenvalue weighted by Gasteiger charge is 2.32. The Labute approximate surface area is 156 Å². The molecule has 1 atom stereocenters. The van der Waals surface area contributed by atoms with Crippen LogP contribution in [-0.4, -0.2) is 60.9 Å². The van der Waals surface area contributed by atoms with Crippen LogP contribution in [0.3, 0.4) is 0 Å². The van der Waals surface area contributed by atoms with Gasteiger partial charge in [-0.05, 0) is 18.9 Å². The molecule has 26 heavy (non-hydrogen) atoms. The lowest BCUT2D eigenvalue weighted by Gasteiger charge is -2.35. The van der Waals surface area contributed by atoms with Crippen LogP contribution in [0.25, 0.3) is 0 Å². The molecule has 2 rings (SSSR count). The van der Waals surface area contributed by atoms with Crippen LogP contribution in [0.15, 0.2) is 24.3 Å². The maximum absolute atomic E-state index is 12.6. The second-order valence-corrected chi connectivity index (χ2v) is 7.19. The summed E-state index contributed by atoms with van der Waals surface area (Å²) in [6, 6.07) is 7.43. The first-order valence-corrected chi connectivity index (χ1v) is 9.38. The lowest BCUT2D eigenvalue weighted by Crippen LogP contribution is -2.56. The molecule has 0 aromatic heterocycles. The Morgan fingerprint density at radius 1 is 1.38 bits per heavy atom. The number of para-hydroxylation sites is 1. The molecule has 1 aromatic carbocycles. The molecule has 0 saturated carbocycles. The molecule has 1 saturated heterocycles. The van der Waals surface area contributed by atoms with Crippen molar-refractivity contribution in [3.05, 3.63) is 29.8 Å². The van der Waals surface area contributed by atoms with Crippen LogP contribution in [-0.2, 0) is 16.1 Å². The molecule has 0 unspecified atom stereocenters. The molecule has 1 aliphatic rings. The van der Waals surface area contributed by atoms with E-state index in [9.17, 15) is 9.59 Å². The number of hydrogen-bond acceptors (Lipinski definition) is 4. The molecule has 2 amide bonds. The largest absolute Gasteiger partial charge is 0.494 e. The number of ether oxygens (including phenoxy) is 1. The van der Waals surface area contributed by atoms with Gasteiger partial charge in [-0.25, -0.2) is 0 Å². The Morgan fingerprint density at radius 2 is 2.12 bits per heavy atom. The number of carbonyl (C=O) groups excluding carboxylic acids is 2. The van der Waals surface area contributed by atoms with Crippen molar-refractivity contribution in [3.8, 4) is 5.75 Å². The van der Waals surface area contributed by atoms with Crippen LogP contribution in [0, 0.1) is 5.92 Å². The van der Waals surface area contributed by atoms with E-state index in [-0.39, 0.29) is 18.2 Å². The third-order valence-corrected chi connectivity index (χ3v) is 4.52. The first kappa shape index (κ1) is 20.2. The summed E-state index contributed by atoms with van der Waals surface area (Å²) in [7, 11) is 1.80. The molecule has 6 heteroatoms. The highest BCUT2D eigenvalue weighted by Crippen LogP contribution is 2.22. The summed E-state index contributed by atoms with van der Waals surface area (Å²) in [5, 5.41) is 2.89. The minimum Gasteiger partial charge on any atom is -0.494 e. The van der Waals surface area contributed by atoms with Crippen molar-refractivity contribution >= 4 is 11.8 Å². The number of nitrogens with one attached hydrogen (secondary N) is 1. The molecular formula is C20H31N3O3. The van der Waals surface area contributed by atoms with E-state index in [1.165, 1.54) is 0 Å². The standard InChI is InChI=1S/C20H31N3O3/c1-5-26-18-9-7-6-8-16(18)14-23-11-10-21-20(25)17(23)12-19(24)22(4)13-15(2)3/h6-9,15,17H,5,10-14H2,1-4H3,(H,21,25)/t17-/m0/s1. The first-order chi connectivity index (χ1) is 12.4. The molecular weight excluding hydrogens is 330 g/mol. The molecule has 1 N–H and O–H groups in total. The van der Waals surface area contributed by atoms with Gasteiger partial charge in [0.2, 0.25) is 11.8 Å². The van der Waals surface area contributed by atoms with E-state index >= 15 is 0 Å². The van der Waals surface area contributed by atoms with E-state index in [4.69, 9.17) is 4.74 Å². The second-order valence-electron chi connectivity index (χ2n) is 7.19. The van der Waals surface area contributed by atoms with Crippen molar-refractivity contribution in [2.75, 3.05) is 33.3 Å². The van der Waals surface area contributed by atoms with Crippen molar-refractivity contribution in [2.45, 2.75) is 39.8 Å². The minimum absolute atomic E-state index is 0.00356. The highest BCUT2D eigenvalue weighted by atomic mass is 16.5. The number of hydrogen-bond donors (Lipinski definition) is 1. The summed E-state index contributed by atoms with van der Waals surface area (Å²) in [6.07, 6.45) is 0.200. The average molecular weight is 361 g/mol. The zero-order valence-corrected chi connectivity index (χ0v) is 16.3. The molecule has 6 nitrogen and oxygen atoms in total. The molecule has 1 aliphatic heterocycles. The number of carbonyl (C=O) groups is 2. The molecule has 0 spiro atoms. The van der Waals surface area contributed by atoms with Gasteiger partial charge < -0.3 is 15.0 Å². The minimum atomic E-state index is -0.444. The normalized spacial score (nSPS) is 17.9. The van der Waals surface area contributed by atoms with Gasteiger partial charge >= 0.3 is 0 Å². The van der Waals surface area contributed by atoms with Crippen LogP contribution < -0.4 is 10.1 Å². The van der Waals surface area contributed by atoms with E-state index in [2.05, 4.69) is 24.1 Å². The van der Waals surface area contributed by atoms with Gasteiger partial charge in [-0.3, -0.25) is 14.5 Å². The SMILES string of the molecule is CCOc1ccccc1CN1CCNC(=O)[C@@H]1CC(=O)N(C)CC(C)C. The van der Waals surface area contributed by atoms with Crippen molar-refractivity contribution < 1.29 is 14.3 Å². The van der Waals surface area contributed by atoms with Gasteiger partial charge in [0.1, 0.15) is 5.75 Å².